The number of carboxylic acids is 1. The van der Waals surface area contributed by atoms with Crippen molar-refractivity contribution < 1.29 is 19.5 Å². The number of aliphatic carboxylic acids is 1. The maximum atomic E-state index is 12.4. The van der Waals surface area contributed by atoms with E-state index >= 15 is 0 Å². The Bertz CT molecular complexity index is 792. The number of carbonyl (C=O) groups excluding carboxylic acids is 2. The minimum absolute atomic E-state index is 0.00761. The molecule has 2 atom stereocenters. The Morgan fingerprint density at radius 1 is 1.24 bits per heavy atom. The van der Waals surface area contributed by atoms with Crippen molar-refractivity contribution in [1.82, 2.24) is 5.32 Å². The first-order chi connectivity index (χ1) is 12.0. The van der Waals surface area contributed by atoms with Crippen LogP contribution in [-0.4, -0.2) is 28.1 Å². The van der Waals surface area contributed by atoms with Crippen LogP contribution in [0.1, 0.15) is 23.8 Å². The largest absolute Gasteiger partial charge is 0.481 e. The Hall–Kier alpha value is -2.32. The van der Waals surface area contributed by atoms with Gasteiger partial charge in [-0.3, -0.25) is 14.4 Å². The van der Waals surface area contributed by atoms with E-state index in [0.717, 1.165) is 15.5 Å². The minimum Gasteiger partial charge on any atom is -0.481 e. The molecule has 8 heteroatoms. The molecule has 6 nitrogen and oxygen atoms in total. The van der Waals surface area contributed by atoms with Crippen LogP contribution in [-0.2, 0) is 14.4 Å². The molecule has 0 aliphatic carbocycles. The summed E-state index contributed by atoms with van der Waals surface area (Å²) < 4.78 is 0. The third kappa shape index (κ3) is 4.40. The molecule has 130 valence electrons. The zero-order chi connectivity index (χ0) is 17.8. The monoisotopic (exact) mass is 376 g/mol. The molecule has 1 aromatic heterocycles. The molecule has 2 aromatic rings. The van der Waals surface area contributed by atoms with Gasteiger partial charge in [-0.25, -0.2) is 0 Å². The topological polar surface area (TPSA) is 95.5 Å². The van der Waals surface area contributed by atoms with Crippen molar-refractivity contribution in [3.8, 4) is 0 Å². The molecule has 1 aliphatic rings. The number of carbonyl (C=O) groups is 3. The number of thioether (sulfide) groups is 1. The third-order valence-corrected chi connectivity index (χ3v) is 5.94. The predicted molar refractivity (Wildman–Crippen MR) is 96.8 cm³/mol. The summed E-state index contributed by atoms with van der Waals surface area (Å²) >= 11 is 2.74. The Labute approximate surface area is 152 Å². The average Bonchev–Trinajstić information content (AvgIpc) is 3.09. The molecule has 0 radical (unpaired) electrons. The normalized spacial score (nSPS) is 17.3. The van der Waals surface area contributed by atoms with E-state index in [4.69, 9.17) is 5.11 Å². The van der Waals surface area contributed by atoms with Crippen LogP contribution in [0.2, 0.25) is 0 Å². The smallest absolute Gasteiger partial charge is 0.305 e. The van der Waals surface area contributed by atoms with Crippen LogP contribution >= 0.6 is 23.1 Å². The SMILES string of the molecule is O=C(O)C[C@H](NC(=O)C[C@@H]1Sc2ccccc2NC1=O)c1cccs1. The van der Waals surface area contributed by atoms with Crippen molar-refractivity contribution in [2.24, 2.45) is 0 Å². The van der Waals surface area contributed by atoms with E-state index in [1.807, 2.05) is 35.7 Å². The lowest BCUT2D eigenvalue weighted by Crippen LogP contribution is -2.36. The minimum atomic E-state index is -0.989. The van der Waals surface area contributed by atoms with Gasteiger partial charge in [-0.05, 0) is 23.6 Å². The highest BCUT2D eigenvalue weighted by molar-refractivity contribution is 8.01. The first kappa shape index (κ1) is 17.5. The van der Waals surface area contributed by atoms with Crippen LogP contribution in [0.15, 0.2) is 46.7 Å². The first-order valence-electron chi connectivity index (χ1n) is 7.64. The Morgan fingerprint density at radius 3 is 2.76 bits per heavy atom. The number of fused-ring (bicyclic) bond motifs is 1. The summed E-state index contributed by atoms with van der Waals surface area (Å²) in [5, 5.41) is 15.9. The number of amides is 2. The number of hydrogen-bond acceptors (Lipinski definition) is 5. The van der Waals surface area contributed by atoms with E-state index in [0.29, 0.717) is 0 Å². The molecule has 3 N–H and O–H groups in total. The number of rotatable bonds is 6. The van der Waals surface area contributed by atoms with Crippen molar-refractivity contribution >= 4 is 46.6 Å². The fourth-order valence-corrected chi connectivity index (χ4v) is 4.42. The second kappa shape index (κ2) is 7.71. The fourth-order valence-electron chi connectivity index (χ4n) is 2.54. The van der Waals surface area contributed by atoms with Gasteiger partial charge >= 0.3 is 5.97 Å². The van der Waals surface area contributed by atoms with Crippen LogP contribution in [0, 0.1) is 0 Å². The van der Waals surface area contributed by atoms with Gasteiger partial charge in [0.2, 0.25) is 11.8 Å². The maximum absolute atomic E-state index is 12.4. The summed E-state index contributed by atoms with van der Waals surface area (Å²) in [7, 11) is 0. The molecular weight excluding hydrogens is 360 g/mol. The van der Waals surface area contributed by atoms with Crippen LogP contribution in [0.5, 0.6) is 0 Å². The highest BCUT2D eigenvalue weighted by Gasteiger charge is 2.30. The van der Waals surface area contributed by atoms with Gasteiger partial charge in [0.1, 0.15) is 0 Å². The lowest BCUT2D eigenvalue weighted by atomic mass is 10.1. The molecule has 0 fully saturated rings. The van der Waals surface area contributed by atoms with Gasteiger partial charge in [0.05, 0.1) is 23.4 Å². The van der Waals surface area contributed by atoms with Crippen LogP contribution in [0.3, 0.4) is 0 Å². The molecule has 25 heavy (non-hydrogen) atoms. The summed E-state index contributed by atoms with van der Waals surface area (Å²) in [5.41, 5.74) is 0.747. The van der Waals surface area contributed by atoms with Crippen LogP contribution < -0.4 is 10.6 Å². The van der Waals surface area contributed by atoms with E-state index in [2.05, 4.69) is 10.6 Å². The number of benzene rings is 1. The van der Waals surface area contributed by atoms with Crippen LogP contribution in [0.25, 0.3) is 0 Å². The molecule has 0 saturated carbocycles. The molecule has 1 aliphatic heterocycles. The maximum Gasteiger partial charge on any atom is 0.305 e. The number of para-hydroxylation sites is 1. The highest BCUT2D eigenvalue weighted by Crippen LogP contribution is 2.36. The number of hydrogen-bond donors (Lipinski definition) is 3. The molecule has 0 unspecified atom stereocenters. The molecule has 1 aromatic carbocycles. The summed E-state index contributed by atoms with van der Waals surface area (Å²) in [6, 6.07) is 10.4. The molecule has 0 bridgehead atoms. The Morgan fingerprint density at radius 2 is 2.04 bits per heavy atom. The van der Waals surface area contributed by atoms with Gasteiger partial charge in [0.25, 0.3) is 0 Å². The molecule has 2 amide bonds. The van der Waals surface area contributed by atoms with Gasteiger partial charge in [-0.2, -0.15) is 0 Å². The summed E-state index contributed by atoms with van der Waals surface area (Å²) in [6.45, 7) is 0. The first-order valence-corrected chi connectivity index (χ1v) is 9.40. The van der Waals surface area contributed by atoms with E-state index in [1.54, 1.807) is 6.07 Å². The van der Waals surface area contributed by atoms with E-state index in [-0.39, 0.29) is 24.7 Å². The van der Waals surface area contributed by atoms with Crippen molar-refractivity contribution in [1.29, 1.82) is 0 Å². The second-order valence-corrected chi connectivity index (χ2v) is 7.75. The van der Waals surface area contributed by atoms with Gasteiger partial charge < -0.3 is 15.7 Å². The van der Waals surface area contributed by atoms with E-state index in [9.17, 15) is 14.4 Å². The van der Waals surface area contributed by atoms with Gasteiger partial charge in [0.15, 0.2) is 0 Å². The van der Waals surface area contributed by atoms with Crippen molar-refractivity contribution in [3.05, 3.63) is 46.7 Å². The highest BCUT2D eigenvalue weighted by atomic mass is 32.2. The molecule has 0 saturated heterocycles. The lowest BCUT2D eigenvalue weighted by Gasteiger charge is -2.24. The zero-order valence-electron chi connectivity index (χ0n) is 13.1. The molecule has 2 heterocycles. The quantitative estimate of drug-likeness (QED) is 0.720. The van der Waals surface area contributed by atoms with E-state index in [1.165, 1.54) is 23.1 Å². The standard InChI is InChI=1S/C17H16N2O4S2/c20-15(18-11(8-16(21)22)12-6-3-7-24-12)9-14-17(23)19-10-4-1-2-5-13(10)25-14/h1-7,11,14H,8-9H2,(H,18,20)(H,19,23)(H,21,22)/t11-,14-/m0/s1. The average molecular weight is 376 g/mol. The lowest BCUT2D eigenvalue weighted by molar-refractivity contribution is -0.137. The Kier molecular flexibility index (Phi) is 5.40. The summed E-state index contributed by atoms with van der Waals surface area (Å²) in [5.74, 6) is -1.55. The molecular formula is C17H16N2O4S2. The number of nitrogens with one attached hydrogen (secondary N) is 2. The number of carboxylic acid groups (broad SMARTS) is 1. The zero-order valence-corrected chi connectivity index (χ0v) is 14.7. The van der Waals surface area contributed by atoms with E-state index < -0.39 is 17.3 Å². The fraction of sp³-hybridized carbons (Fsp3) is 0.235. The van der Waals surface area contributed by atoms with Crippen molar-refractivity contribution in [2.45, 2.75) is 29.0 Å². The van der Waals surface area contributed by atoms with Crippen molar-refractivity contribution in [3.63, 3.8) is 0 Å². The number of thiophene rings is 1. The molecule has 0 spiro atoms. The summed E-state index contributed by atoms with van der Waals surface area (Å²) in [6.07, 6.45) is -0.203. The summed E-state index contributed by atoms with van der Waals surface area (Å²) in [4.78, 5) is 37.3. The van der Waals surface area contributed by atoms with Crippen LogP contribution in [0.4, 0.5) is 5.69 Å². The second-order valence-electron chi connectivity index (χ2n) is 5.53. The number of anilines is 1. The molecule has 3 rings (SSSR count). The third-order valence-electron chi connectivity index (χ3n) is 3.68. The van der Waals surface area contributed by atoms with Gasteiger partial charge in [-0.1, -0.05) is 18.2 Å². The Balaban J connectivity index is 1.65. The van der Waals surface area contributed by atoms with Gasteiger partial charge in [-0.15, -0.1) is 23.1 Å². The predicted octanol–water partition coefficient (Wildman–Crippen LogP) is 2.88. The van der Waals surface area contributed by atoms with Crippen molar-refractivity contribution in [2.75, 3.05) is 5.32 Å². The van der Waals surface area contributed by atoms with Gasteiger partial charge in [0, 0.05) is 16.2 Å².